The van der Waals surface area contributed by atoms with Crippen LogP contribution in [0.2, 0.25) is 10.0 Å². The van der Waals surface area contributed by atoms with Gasteiger partial charge in [-0.15, -0.1) is 11.3 Å². The molecule has 1 amide bonds. The molecule has 0 radical (unpaired) electrons. The topological polar surface area (TPSA) is 80.9 Å². The summed E-state index contributed by atoms with van der Waals surface area (Å²) in [5, 5.41) is 8.43. The van der Waals surface area contributed by atoms with E-state index in [4.69, 9.17) is 27.7 Å². The van der Waals surface area contributed by atoms with Gasteiger partial charge in [-0.3, -0.25) is 9.78 Å². The largest absolute Gasteiger partial charge is 0.342 e. The number of carbonyl (C=O) groups excluding carboxylic acids is 1. The van der Waals surface area contributed by atoms with Crippen molar-refractivity contribution >= 4 is 50.5 Å². The van der Waals surface area contributed by atoms with E-state index >= 15 is 0 Å². The van der Waals surface area contributed by atoms with E-state index < -0.39 is 0 Å². The fraction of sp³-hybridized carbons (Fsp3) is 0.0588. The zero-order valence-corrected chi connectivity index (χ0v) is 15.4. The summed E-state index contributed by atoms with van der Waals surface area (Å²) in [5.41, 5.74) is 0.783. The zero-order chi connectivity index (χ0) is 18.1. The molecule has 0 aliphatic rings. The van der Waals surface area contributed by atoms with E-state index in [0.29, 0.717) is 26.6 Å². The summed E-state index contributed by atoms with van der Waals surface area (Å²) in [6, 6.07) is 8.86. The lowest BCUT2D eigenvalue weighted by atomic mass is 10.2. The molecule has 0 atom stereocenters. The van der Waals surface area contributed by atoms with Crippen LogP contribution >= 0.6 is 34.5 Å². The number of nitrogens with zero attached hydrogens (tertiary/aromatic N) is 3. The van der Waals surface area contributed by atoms with E-state index in [-0.39, 0.29) is 12.5 Å². The molecule has 0 saturated heterocycles. The molecule has 3 aromatic heterocycles. The smallest absolute Gasteiger partial charge is 0.263 e. The first-order valence-corrected chi connectivity index (χ1v) is 9.08. The highest BCUT2D eigenvalue weighted by atomic mass is 35.5. The van der Waals surface area contributed by atoms with E-state index in [2.05, 4.69) is 20.4 Å². The fourth-order valence-corrected chi connectivity index (χ4v) is 4.08. The summed E-state index contributed by atoms with van der Waals surface area (Å²) in [7, 11) is 0. The lowest BCUT2D eigenvalue weighted by molar-refractivity contribution is 0.0950. The number of halogens is 2. The predicted octanol–water partition coefficient (Wildman–Crippen LogP) is 4.58. The molecule has 0 aliphatic heterocycles. The Labute approximate surface area is 161 Å². The van der Waals surface area contributed by atoms with Crippen molar-refractivity contribution in [1.82, 2.24) is 20.4 Å². The van der Waals surface area contributed by atoms with Crippen LogP contribution in [0, 0.1) is 0 Å². The van der Waals surface area contributed by atoms with Crippen molar-refractivity contribution < 1.29 is 9.32 Å². The molecule has 1 N–H and O–H groups in total. The van der Waals surface area contributed by atoms with Gasteiger partial charge in [0.15, 0.2) is 0 Å². The molecule has 0 spiro atoms. The summed E-state index contributed by atoms with van der Waals surface area (Å²) < 4.78 is 6.02. The van der Waals surface area contributed by atoms with Crippen molar-refractivity contribution in [2.45, 2.75) is 6.54 Å². The third-order valence-electron chi connectivity index (χ3n) is 3.60. The SMILES string of the molecule is O=C(NCc1nc(-c2ccncc2)no1)c1sc2cc(Cl)ccc2c1Cl. The van der Waals surface area contributed by atoms with Gasteiger partial charge in [0, 0.05) is 33.1 Å². The van der Waals surface area contributed by atoms with Crippen LogP contribution in [0.5, 0.6) is 0 Å². The molecule has 3 heterocycles. The monoisotopic (exact) mass is 404 g/mol. The second kappa shape index (κ2) is 7.03. The van der Waals surface area contributed by atoms with Crippen LogP contribution in [0.4, 0.5) is 0 Å². The van der Waals surface area contributed by atoms with Crippen LogP contribution in [-0.2, 0) is 6.54 Å². The van der Waals surface area contributed by atoms with Gasteiger partial charge in [-0.1, -0.05) is 34.4 Å². The minimum absolute atomic E-state index is 0.0995. The van der Waals surface area contributed by atoms with Gasteiger partial charge in [-0.05, 0) is 24.3 Å². The minimum Gasteiger partial charge on any atom is -0.342 e. The third kappa shape index (κ3) is 3.29. The lowest BCUT2D eigenvalue weighted by Gasteiger charge is -2.00. The first-order valence-electron chi connectivity index (χ1n) is 7.50. The molecule has 0 aliphatic carbocycles. The molecule has 1 aromatic carbocycles. The second-order valence-corrected chi connectivity index (χ2v) is 7.18. The molecule has 0 bridgehead atoms. The number of amides is 1. The van der Waals surface area contributed by atoms with Gasteiger partial charge in [0.1, 0.15) is 4.88 Å². The Morgan fingerprint density at radius 2 is 2.00 bits per heavy atom. The molecule has 130 valence electrons. The quantitative estimate of drug-likeness (QED) is 0.538. The summed E-state index contributed by atoms with van der Waals surface area (Å²) in [6.07, 6.45) is 3.28. The molecule has 0 saturated carbocycles. The zero-order valence-electron chi connectivity index (χ0n) is 13.1. The summed E-state index contributed by atoms with van der Waals surface area (Å²) in [6.45, 7) is 0.0995. The Bertz CT molecular complexity index is 1090. The number of rotatable bonds is 4. The predicted molar refractivity (Wildman–Crippen MR) is 101 cm³/mol. The van der Waals surface area contributed by atoms with Gasteiger partial charge in [-0.25, -0.2) is 0 Å². The van der Waals surface area contributed by atoms with E-state index in [9.17, 15) is 4.79 Å². The molecule has 26 heavy (non-hydrogen) atoms. The van der Waals surface area contributed by atoms with Crippen molar-refractivity contribution in [3.63, 3.8) is 0 Å². The van der Waals surface area contributed by atoms with Crippen molar-refractivity contribution in [3.8, 4) is 11.4 Å². The number of hydrogen-bond donors (Lipinski definition) is 1. The first-order chi connectivity index (χ1) is 12.6. The Balaban J connectivity index is 1.49. The molecule has 0 fully saturated rings. The normalized spacial score (nSPS) is 11.0. The molecular weight excluding hydrogens is 395 g/mol. The lowest BCUT2D eigenvalue weighted by Crippen LogP contribution is -2.22. The Morgan fingerprint density at radius 1 is 1.19 bits per heavy atom. The van der Waals surface area contributed by atoms with Crippen molar-refractivity contribution in [2.75, 3.05) is 0 Å². The average molecular weight is 405 g/mol. The highest BCUT2D eigenvalue weighted by molar-refractivity contribution is 7.21. The average Bonchev–Trinajstić information content (AvgIpc) is 3.25. The van der Waals surface area contributed by atoms with Crippen LogP contribution in [0.15, 0.2) is 47.2 Å². The standard InChI is InChI=1S/C17H10Cl2N4O2S/c18-10-1-2-11-12(7-10)26-15(14(11)19)17(24)21-8-13-22-16(23-25-13)9-3-5-20-6-4-9/h1-7H,8H2,(H,21,24). The van der Waals surface area contributed by atoms with Gasteiger partial charge in [0.05, 0.1) is 11.6 Å². The molecule has 9 heteroatoms. The summed E-state index contributed by atoms with van der Waals surface area (Å²) in [5.74, 6) is 0.424. The Hall–Kier alpha value is -2.48. The van der Waals surface area contributed by atoms with E-state index in [0.717, 1.165) is 15.6 Å². The maximum absolute atomic E-state index is 12.5. The van der Waals surface area contributed by atoms with E-state index in [1.165, 1.54) is 11.3 Å². The van der Waals surface area contributed by atoms with Crippen LogP contribution < -0.4 is 5.32 Å². The highest BCUT2D eigenvalue weighted by Gasteiger charge is 2.18. The maximum Gasteiger partial charge on any atom is 0.263 e. The summed E-state index contributed by atoms with van der Waals surface area (Å²) in [4.78, 5) is 21.1. The number of fused-ring (bicyclic) bond motifs is 1. The van der Waals surface area contributed by atoms with Crippen molar-refractivity contribution in [1.29, 1.82) is 0 Å². The molecule has 4 aromatic rings. The second-order valence-electron chi connectivity index (χ2n) is 5.32. The van der Waals surface area contributed by atoms with Crippen LogP contribution in [0.25, 0.3) is 21.5 Å². The van der Waals surface area contributed by atoms with Gasteiger partial charge >= 0.3 is 0 Å². The Morgan fingerprint density at radius 3 is 2.81 bits per heavy atom. The highest BCUT2D eigenvalue weighted by Crippen LogP contribution is 2.36. The van der Waals surface area contributed by atoms with Gasteiger partial charge in [0.25, 0.3) is 5.91 Å². The molecule has 0 unspecified atom stereocenters. The summed E-state index contributed by atoms with van der Waals surface area (Å²) >= 11 is 13.6. The number of hydrogen-bond acceptors (Lipinski definition) is 6. The van der Waals surface area contributed by atoms with Crippen LogP contribution in [0.1, 0.15) is 15.6 Å². The fourth-order valence-electron chi connectivity index (χ4n) is 2.37. The number of pyridine rings is 1. The molecule has 4 rings (SSSR count). The van der Waals surface area contributed by atoms with Crippen LogP contribution in [0.3, 0.4) is 0 Å². The molecule has 6 nitrogen and oxygen atoms in total. The number of benzene rings is 1. The minimum atomic E-state index is -0.309. The van der Waals surface area contributed by atoms with E-state index in [1.54, 1.807) is 42.7 Å². The van der Waals surface area contributed by atoms with Crippen molar-refractivity contribution in [2.24, 2.45) is 0 Å². The van der Waals surface area contributed by atoms with Crippen molar-refractivity contribution in [3.05, 3.63) is 63.5 Å². The Kier molecular flexibility index (Phi) is 4.58. The van der Waals surface area contributed by atoms with E-state index in [1.807, 2.05) is 0 Å². The number of nitrogens with one attached hydrogen (secondary N) is 1. The maximum atomic E-state index is 12.5. The molecular formula is C17H10Cl2N4O2S. The van der Waals surface area contributed by atoms with Gasteiger partial charge in [0.2, 0.25) is 11.7 Å². The number of thiophene rings is 1. The van der Waals surface area contributed by atoms with Gasteiger partial charge in [-0.2, -0.15) is 4.98 Å². The first kappa shape index (κ1) is 17.0. The number of aromatic nitrogens is 3. The van der Waals surface area contributed by atoms with Crippen LogP contribution in [-0.4, -0.2) is 21.0 Å². The third-order valence-corrected chi connectivity index (χ3v) is 5.50. The van der Waals surface area contributed by atoms with Gasteiger partial charge < -0.3 is 9.84 Å². The number of carbonyl (C=O) groups is 1.